The summed E-state index contributed by atoms with van der Waals surface area (Å²) < 4.78 is 1.96. The van der Waals surface area contributed by atoms with Gasteiger partial charge in [-0.15, -0.1) is 5.10 Å². The lowest BCUT2D eigenvalue weighted by atomic mass is 9.83. The summed E-state index contributed by atoms with van der Waals surface area (Å²) in [5, 5.41) is 7.93. The molecule has 1 aliphatic rings. The van der Waals surface area contributed by atoms with Crippen LogP contribution in [0.1, 0.15) is 45.1 Å². The van der Waals surface area contributed by atoms with Crippen LogP contribution in [0.2, 0.25) is 0 Å². The first-order valence-corrected chi connectivity index (χ1v) is 5.48. The number of nitrogens with zero attached hydrogens (tertiary/aromatic N) is 3. The molecule has 4 heteroatoms. The highest BCUT2D eigenvalue weighted by molar-refractivity contribution is 5.20. The second-order valence-electron chi connectivity index (χ2n) is 4.14. The minimum Gasteiger partial charge on any atom is -0.381 e. The van der Waals surface area contributed by atoms with E-state index in [2.05, 4.69) is 17.2 Å². The van der Waals surface area contributed by atoms with E-state index >= 15 is 0 Å². The fourth-order valence-electron chi connectivity index (χ4n) is 2.47. The molecule has 0 spiro atoms. The number of anilines is 1. The van der Waals surface area contributed by atoms with Crippen LogP contribution in [0.3, 0.4) is 0 Å². The van der Waals surface area contributed by atoms with E-state index in [4.69, 9.17) is 5.73 Å². The first-order chi connectivity index (χ1) is 6.81. The number of hydrogen-bond acceptors (Lipinski definition) is 3. The zero-order valence-corrected chi connectivity index (χ0v) is 8.69. The van der Waals surface area contributed by atoms with Crippen LogP contribution in [0.5, 0.6) is 0 Å². The predicted molar refractivity (Wildman–Crippen MR) is 55.7 cm³/mol. The van der Waals surface area contributed by atoms with Crippen LogP contribution in [0.15, 0.2) is 6.20 Å². The Hall–Kier alpha value is -1.06. The molecule has 1 saturated carbocycles. The summed E-state index contributed by atoms with van der Waals surface area (Å²) in [6.45, 7) is 2.25. The molecule has 0 radical (unpaired) electrons. The Morgan fingerprint density at radius 1 is 1.50 bits per heavy atom. The van der Waals surface area contributed by atoms with E-state index < -0.39 is 0 Å². The lowest BCUT2D eigenvalue weighted by Gasteiger charge is -2.30. The molecule has 1 aliphatic carbocycles. The average Bonchev–Trinajstić information content (AvgIpc) is 2.65. The number of rotatable bonds is 2. The van der Waals surface area contributed by atoms with Gasteiger partial charge in [0.2, 0.25) is 0 Å². The van der Waals surface area contributed by atoms with Crippen molar-refractivity contribution in [1.29, 1.82) is 0 Å². The minimum atomic E-state index is 0.526. The van der Waals surface area contributed by atoms with Gasteiger partial charge < -0.3 is 5.73 Å². The van der Waals surface area contributed by atoms with Crippen molar-refractivity contribution in [2.75, 3.05) is 5.73 Å². The standard InChI is InChI=1S/C10H18N4/c1-2-8-5-3-4-6-9(8)14-7-10(11)12-13-14/h7-9H,2-6,11H2,1H3. The van der Waals surface area contributed by atoms with E-state index in [0.29, 0.717) is 11.9 Å². The lowest BCUT2D eigenvalue weighted by molar-refractivity contribution is 0.214. The zero-order chi connectivity index (χ0) is 9.97. The molecule has 1 aromatic heterocycles. The number of hydrogen-bond donors (Lipinski definition) is 1. The molecular weight excluding hydrogens is 176 g/mol. The van der Waals surface area contributed by atoms with Gasteiger partial charge in [0.05, 0.1) is 12.2 Å². The van der Waals surface area contributed by atoms with Crippen molar-refractivity contribution in [3.05, 3.63) is 6.20 Å². The number of nitrogen functional groups attached to an aromatic ring is 1. The minimum absolute atomic E-state index is 0.526. The third-order valence-corrected chi connectivity index (χ3v) is 3.26. The molecule has 0 saturated heterocycles. The quantitative estimate of drug-likeness (QED) is 0.783. The van der Waals surface area contributed by atoms with E-state index in [-0.39, 0.29) is 0 Å². The number of aromatic nitrogens is 3. The van der Waals surface area contributed by atoms with Gasteiger partial charge in [-0.2, -0.15) is 0 Å². The maximum absolute atomic E-state index is 5.58. The van der Waals surface area contributed by atoms with Crippen molar-refractivity contribution in [1.82, 2.24) is 15.0 Å². The van der Waals surface area contributed by atoms with Crippen LogP contribution in [0, 0.1) is 5.92 Å². The van der Waals surface area contributed by atoms with Crippen molar-refractivity contribution in [3.8, 4) is 0 Å². The second-order valence-corrected chi connectivity index (χ2v) is 4.14. The Morgan fingerprint density at radius 2 is 2.29 bits per heavy atom. The average molecular weight is 194 g/mol. The Balaban J connectivity index is 2.14. The van der Waals surface area contributed by atoms with Gasteiger partial charge >= 0.3 is 0 Å². The van der Waals surface area contributed by atoms with Gasteiger partial charge in [-0.25, -0.2) is 4.68 Å². The summed E-state index contributed by atoms with van der Waals surface area (Å²) in [5.41, 5.74) is 5.58. The molecule has 0 amide bonds. The van der Waals surface area contributed by atoms with Crippen molar-refractivity contribution < 1.29 is 0 Å². The summed E-state index contributed by atoms with van der Waals surface area (Å²) >= 11 is 0. The van der Waals surface area contributed by atoms with Gasteiger partial charge in [0, 0.05) is 0 Å². The Labute approximate surface area is 84.5 Å². The highest BCUT2D eigenvalue weighted by Crippen LogP contribution is 2.35. The van der Waals surface area contributed by atoms with E-state index in [0.717, 1.165) is 5.92 Å². The van der Waals surface area contributed by atoms with Crippen LogP contribution in [0.4, 0.5) is 5.82 Å². The maximum Gasteiger partial charge on any atom is 0.165 e. The molecular formula is C10H18N4. The largest absolute Gasteiger partial charge is 0.381 e. The summed E-state index contributed by atoms with van der Waals surface area (Å²) in [6, 6.07) is 0.526. The van der Waals surface area contributed by atoms with Gasteiger partial charge in [-0.3, -0.25) is 0 Å². The highest BCUT2D eigenvalue weighted by Gasteiger charge is 2.25. The van der Waals surface area contributed by atoms with Crippen LogP contribution in [-0.2, 0) is 0 Å². The third kappa shape index (κ3) is 1.74. The molecule has 0 bridgehead atoms. The highest BCUT2D eigenvalue weighted by atomic mass is 15.4. The van der Waals surface area contributed by atoms with E-state index in [1.54, 1.807) is 0 Å². The summed E-state index contributed by atoms with van der Waals surface area (Å²) in [7, 11) is 0. The lowest BCUT2D eigenvalue weighted by Crippen LogP contribution is -2.23. The van der Waals surface area contributed by atoms with Gasteiger partial charge in [0.15, 0.2) is 5.82 Å². The van der Waals surface area contributed by atoms with Crippen LogP contribution in [-0.4, -0.2) is 15.0 Å². The summed E-state index contributed by atoms with van der Waals surface area (Å²) in [5.74, 6) is 1.29. The van der Waals surface area contributed by atoms with Crippen LogP contribution >= 0.6 is 0 Å². The molecule has 2 rings (SSSR count). The normalized spacial score (nSPS) is 27.8. The van der Waals surface area contributed by atoms with Crippen molar-refractivity contribution in [2.24, 2.45) is 5.92 Å². The molecule has 4 nitrogen and oxygen atoms in total. The number of nitrogens with two attached hydrogens (primary N) is 1. The topological polar surface area (TPSA) is 56.7 Å². The molecule has 1 aromatic rings. The molecule has 0 aromatic carbocycles. The van der Waals surface area contributed by atoms with Gasteiger partial charge in [0.1, 0.15) is 0 Å². The van der Waals surface area contributed by atoms with Crippen LogP contribution < -0.4 is 5.73 Å². The van der Waals surface area contributed by atoms with E-state index in [1.807, 2.05) is 10.9 Å². The fourth-order valence-corrected chi connectivity index (χ4v) is 2.47. The molecule has 0 aliphatic heterocycles. The van der Waals surface area contributed by atoms with Crippen molar-refractivity contribution >= 4 is 5.82 Å². The fraction of sp³-hybridized carbons (Fsp3) is 0.800. The summed E-state index contributed by atoms with van der Waals surface area (Å²) in [6.07, 6.45) is 8.30. The van der Waals surface area contributed by atoms with Gasteiger partial charge in [-0.05, 0) is 18.8 Å². The van der Waals surface area contributed by atoms with Gasteiger partial charge in [0.25, 0.3) is 0 Å². The molecule has 2 atom stereocenters. The second kappa shape index (κ2) is 3.98. The first kappa shape index (κ1) is 9.49. The van der Waals surface area contributed by atoms with E-state index in [1.165, 1.54) is 32.1 Å². The monoisotopic (exact) mass is 194 g/mol. The van der Waals surface area contributed by atoms with Crippen LogP contribution in [0.25, 0.3) is 0 Å². The molecule has 2 unspecified atom stereocenters. The van der Waals surface area contributed by atoms with Gasteiger partial charge in [-0.1, -0.05) is 31.4 Å². The molecule has 1 heterocycles. The predicted octanol–water partition coefficient (Wildman–Crippen LogP) is 2.00. The van der Waals surface area contributed by atoms with Crippen molar-refractivity contribution in [2.45, 2.75) is 45.1 Å². The Morgan fingerprint density at radius 3 is 2.93 bits per heavy atom. The molecule has 1 fully saturated rings. The first-order valence-electron chi connectivity index (χ1n) is 5.48. The smallest absolute Gasteiger partial charge is 0.165 e. The van der Waals surface area contributed by atoms with E-state index in [9.17, 15) is 0 Å². The molecule has 14 heavy (non-hydrogen) atoms. The summed E-state index contributed by atoms with van der Waals surface area (Å²) in [4.78, 5) is 0. The molecule has 78 valence electrons. The SMILES string of the molecule is CCC1CCCCC1n1cc(N)nn1. The zero-order valence-electron chi connectivity index (χ0n) is 8.69. The Kier molecular flexibility index (Phi) is 2.70. The third-order valence-electron chi connectivity index (χ3n) is 3.26. The van der Waals surface area contributed by atoms with Crippen molar-refractivity contribution in [3.63, 3.8) is 0 Å². The molecule has 2 N–H and O–H groups in total. The Bertz CT molecular complexity index is 294. The maximum atomic E-state index is 5.58.